The molecule has 0 saturated heterocycles. The van der Waals surface area contributed by atoms with Crippen LogP contribution < -0.4 is 5.32 Å². The maximum atomic E-state index is 11.6. The zero-order chi connectivity index (χ0) is 12.1. The van der Waals surface area contributed by atoms with Gasteiger partial charge in [0.15, 0.2) is 0 Å². The predicted octanol–water partition coefficient (Wildman–Crippen LogP) is 1.34. The molecule has 0 fully saturated rings. The Balaban J connectivity index is 2.80. The number of nitrogens with one attached hydrogen (secondary N) is 1. The van der Waals surface area contributed by atoms with Crippen molar-refractivity contribution in [3.05, 3.63) is 29.8 Å². The van der Waals surface area contributed by atoms with Crippen LogP contribution in [0.1, 0.15) is 19.4 Å². The minimum atomic E-state index is -0.674. The first kappa shape index (κ1) is 12.4. The molecule has 0 bridgehead atoms. The lowest BCUT2D eigenvalue weighted by atomic mass is 10.1. The Morgan fingerprint density at radius 2 is 2.00 bits per heavy atom. The fraction of sp³-hybridized carbons (Fsp3) is 0.333. The molecule has 0 aliphatic heterocycles. The second-order valence-corrected chi connectivity index (χ2v) is 3.64. The van der Waals surface area contributed by atoms with Crippen LogP contribution in [-0.2, 0) is 16.2 Å². The molecular formula is C12H15NO3. The summed E-state index contributed by atoms with van der Waals surface area (Å²) in [4.78, 5) is 22.6. The molecule has 1 unspecified atom stereocenters. The first-order valence-corrected chi connectivity index (χ1v) is 5.06. The zero-order valence-corrected chi connectivity index (χ0v) is 9.36. The Labute approximate surface area is 94.3 Å². The van der Waals surface area contributed by atoms with E-state index in [9.17, 15) is 9.59 Å². The predicted molar refractivity (Wildman–Crippen MR) is 60.8 cm³/mol. The maximum Gasteiger partial charge on any atom is 0.234 e. The molecule has 0 radical (unpaired) electrons. The number of aliphatic hydroxyl groups excluding tert-OH is 1. The summed E-state index contributed by atoms with van der Waals surface area (Å²) in [5.74, 6) is -1.21. The number of Topliss-reactive ketones (excluding diaryl/α,β-unsaturated/α-hetero) is 1. The molecule has 2 N–H and O–H groups in total. The Morgan fingerprint density at radius 3 is 2.56 bits per heavy atom. The third kappa shape index (κ3) is 2.90. The summed E-state index contributed by atoms with van der Waals surface area (Å²) in [5.41, 5.74) is 1.18. The fourth-order valence-electron chi connectivity index (χ4n) is 1.21. The number of rotatable bonds is 4. The zero-order valence-electron chi connectivity index (χ0n) is 9.36. The van der Waals surface area contributed by atoms with Crippen molar-refractivity contribution in [2.75, 3.05) is 5.32 Å². The number of anilines is 1. The van der Waals surface area contributed by atoms with Crippen LogP contribution in [0, 0.1) is 5.92 Å². The van der Waals surface area contributed by atoms with Gasteiger partial charge in [0.1, 0.15) is 5.78 Å². The van der Waals surface area contributed by atoms with Crippen molar-refractivity contribution >= 4 is 17.4 Å². The summed E-state index contributed by atoms with van der Waals surface area (Å²) in [6.07, 6.45) is 0. The van der Waals surface area contributed by atoms with Gasteiger partial charge in [-0.05, 0) is 19.9 Å². The largest absolute Gasteiger partial charge is 0.392 e. The monoisotopic (exact) mass is 221 g/mol. The minimum absolute atomic E-state index is 0.148. The molecule has 1 amide bonds. The van der Waals surface area contributed by atoms with Gasteiger partial charge in [0.2, 0.25) is 5.91 Å². The average molecular weight is 221 g/mol. The summed E-state index contributed by atoms with van der Waals surface area (Å²) in [6.45, 7) is 2.78. The van der Waals surface area contributed by atoms with E-state index in [-0.39, 0.29) is 18.3 Å². The molecule has 1 aromatic rings. The van der Waals surface area contributed by atoms with E-state index in [1.165, 1.54) is 6.92 Å². The third-order valence-electron chi connectivity index (χ3n) is 2.45. The second-order valence-electron chi connectivity index (χ2n) is 3.64. The lowest BCUT2D eigenvalue weighted by molar-refractivity contribution is -0.129. The molecule has 4 heteroatoms. The number of para-hydroxylation sites is 1. The Kier molecular flexibility index (Phi) is 4.19. The van der Waals surface area contributed by atoms with Gasteiger partial charge in [0.05, 0.1) is 12.5 Å². The van der Waals surface area contributed by atoms with Crippen LogP contribution in [0.3, 0.4) is 0 Å². The highest BCUT2D eigenvalue weighted by molar-refractivity contribution is 6.06. The number of aliphatic hydroxyl groups is 1. The normalized spacial score (nSPS) is 11.9. The summed E-state index contributed by atoms with van der Waals surface area (Å²) in [7, 11) is 0. The summed E-state index contributed by atoms with van der Waals surface area (Å²) in [6, 6.07) is 6.94. The molecule has 86 valence electrons. The van der Waals surface area contributed by atoms with E-state index in [1.54, 1.807) is 31.2 Å². The van der Waals surface area contributed by atoms with E-state index in [2.05, 4.69) is 5.32 Å². The van der Waals surface area contributed by atoms with Gasteiger partial charge in [-0.3, -0.25) is 9.59 Å². The van der Waals surface area contributed by atoms with Gasteiger partial charge < -0.3 is 10.4 Å². The van der Waals surface area contributed by atoms with Crippen LogP contribution in [0.4, 0.5) is 5.69 Å². The molecule has 1 rings (SSSR count). The van der Waals surface area contributed by atoms with Crippen molar-refractivity contribution in [2.24, 2.45) is 5.92 Å². The molecule has 0 saturated carbocycles. The number of carbonyl (C=O) groups excluding carboxylic acids is 2. The van der Waals surface area contributed by atoms with Crippen LogP contribution in [0.15, 0.2) is 24.3 Å². The van der Waals surface area contributed by atoms with Gasteiger partial charge in [0.25, 0.3) is 0 Å². The fourth-order valence-corrected chi connectivity index (χ4v) is 1.21. The van der Waals surface area contributed by atoms with Crippen LogP contribution in [-0.4, -0.2) is 16.8 Å². The topological polar surface area (TPSA) is 66.4 Å². The SMILES string of the molecule is CC(=O)C(C)C(=O)Nc1ccccc1CO. The standard InChI is InChI=1S/C12H15NO3/c1-8(9(2)15)12(16)13-11-6-4-3-5-10(11)7-14/h3-6,8,14H,7H2,1-2H3,(H,13,16). The number of hydrogen-bond donors (Lipinski definition) is 2. The highest BCUT2D eigenvalue weighted by atomic mass is 16.3. The highest BCUT2D eigenvalue weighted by Crippen LogP contribution is 2.15. The van der Waals surface area contributed by atoms with Gasteiger partial charge in [0, 0.05) is 11.3 Å². The van der Waals surface area contributed by atoms with Gasteiger partial charge in [-0.1, -0.05) is 18.2 Å². The summed E-state index contributed by atoms with van der Waals surface area (Å²) in [5, 5.41) is 11.7. The van der Waals surface area contributed by atoms with Crippen LogP contribution in [0.25, 0.3) is 0 Å². The molecule has 0 aromatic heterocycles. The summed E-state index contributed by atoms with van der Waals surface area (Å²) < 4.78 is 0. The average Bonchev–Trinajstić information content (AvgIpc) is 2.28. The van der Waals surface area contributed by atoms with Crippen molar-refractivity contribution in [3.63, 3.8) is 0 Å². The van der Waals surface area contributed by atoms with Gasteiger partial charge >= 0.3 is 0 Å². The number of ketones is 1. The van der Waals surface area contributed by atoms with Crippen molar-refractivity contribution in [3.8, 4) is 0 Å². The van der Waals surface area contributed by atoms with E-state index in [4.69, 9.17) is 5.11 Å². The van der Waals surface area contributed by atoms with Crippen molar-refractivity contribution in [1.29, 1.82) is 0 Å². The maximum absolute atomic E-state index is 11.6. The number of benzene rings is 1. The van der Waals surface area contributed by atoms with E-state index < -0.39 is 5.92 Å². The Hall–Kier alpha value is -1.68. The van der Waals surface area contributed by atoms with Crippen molar-refractivity contribution in [1.82, 2.24) is 0 Å². The van der Waals surface area contributed by atoms with Crippen molar-refractivity contribution < 1.29 is 14.7 Å². The molecule has 0 spiro atoms. The molecule has 0 heterocycles. The van der Waals surface area contributed by atoms with E-state index in [0.29, 0.717) is 11.3 Å². The van der Waals surface area contributed by atoms with E-state index >= 15 is 0 Å². The highest BCUT2D eigenvalue weighted by Gasteiger charge is 2.18. The number of carbonyl (C=O) groups is 2. The van der Waals surface area contributed by atoms with Gasteiger partial charge in [-0.2, -0.15) is 0 Å². The molecular weight excluding hydrogens is 206 g/mol. The first-order valence-electron chi connectivity index (χ1n) is 5.06. The van der Waals surface area contributed by atoms with Gasteiger partial charge in [-0.25, -0.2) is 0 Å². The molecule has 16 heavy (non-hydrogen) atoms. The van der Waals surface area contributed by atoms with Crippen LogP contribution in [0.5, 0.6) is 0 Å². The lowest BCUT2D eigenvalue weighted by Crippen LogP contribution is -2.26. The molecule has 1 atom stereocenters. The lowest BCUT2D eigenvalue weighted by Gasteiger charge is -2.11. The number of hydrogen-bond acceptors (Lipinski definition) is 3. The van der Waals surface area contributed by atoms with Crippen molar-refractivity contribution in [2.45, 2.75) is 20.5 Å². The second kappa shape index (κ2) is 5.42. The molecule has 4 nitrogen and oxygen atoms in total. The smallest absolute Gasteiger partial charge is 0.234 e. The van der Waals surface area contributed by atoms with E-state index in [1.807, 2.05) is 0 Å². The molecule has 0 aliphatic rings. The summed E-state index contributed by atoms with van der Waals surface area (Å²) >= 11 is 0. The molecule has 0 aliphatic carbocycles. The number of amides is 1. The Bertz CT molecular complexity index is 401. The molecule has 1 aromatic carbocycles. The van der Waals surface area contributed by atoms with Crippen LogP contribution >= 0.6 is 0 Å². The van der Waals surface area contributed by atoms with Gasteiger partial charge in [-0.15, -0.1) is 0 Å². The first-order chi connectivity index (χ1) is 7.56. The third-order valence-corrected chi connectivity index (χ3v) is 2.45. The van der Waals surface area contributed by atoms with E-state index in [0.717, 1.165) is 0 Å². The van der Waals surface area contributed by atoms with Crippen LogP contribution in [0.2, 0.25) is 0 Å². The quantitative estimate of drug-likeness (QED) is 0.754. The minimum Gasteiger partial charge on any atom is -0.392 e. The Morgan fingerprint density at radius 1 is 1.38 bits per heavy atom.